The predicted molar refractivity (Wildman–Crippen MR) is 89.0 cm³/mol. The van der Waals surface area contributed by atoms with Crippen molar-refractivity contribution in [3.05, 3.63) is 66.3 Å². The number of carbonyl (C=O) groups excluding carboxylic acids is 1. The van der Waals surface area contributed by atoms with E-state index < -0.39 is 0 Å². The third-order valence-corrected chi connectivity index (χ3v) is 3.55. The number of amides is 1. The van der Waals surface area contributed by atoms with Crippen molar-refractivity contribution in [2.24, 2.45) is 0 Å². The van der Waals surface area contributed by atoms with Crippen LogP contribution >= 0.6 is 0 Å². The fourth-order valence-corrected chi connectivity index (χ4v) is 2.27. The minimum Gasteiger partial charge on any atom is -0.356 e. The van der Waals surface area contributed by atoms with Crippen molar-refractivity contribution in [3.8, 4) is 11.4 Å². The van der Waals surface area contributed by atoms with Gasteiger partial charge in [-0.3, -0.25) is 9.78 Å². The Labute approximate surface area is 139 Å². The van der Waals surface area contributed by atoms with E-state index in [1.807, 2.05) is 42.5 Å². The Morgan fingerprint density at radius 1 is 1.04 bits per heavy atom. The lowest BCUT2D eigenvalue weighted by Gasteiger charge is -2.04. The van der Waals surface area contributed by atoms with Crippen LogP contribution in [-0.4, -0.2) is 27.6 Å². The summed E-state index contributed by atoms with van der Waals surface area (Å²) in [4.78, 5) is 20.1. The zero-order chi connectivity index (χ0) is 16.6. The molecule has 2 heterocycles. The molecule has 1 N–H and O–H groups in total. The van der Waals surface area contributed by atoms with E-state index in [0.717, 1.165) is 12.0 Å². The normalized spacial score (nSPS) is 10.5. The second-order valence-electron chi connectivity index (χ2n) is 5.33. The summed E-state index contributed by atoms with van der Waals surface area (Å²) in [6, 6.07) is 13.7. The molecule has 0 radical (unpaired) electrons. The van der Waals surface area contributed by atoms with E-state index >= 15 is 0 Å². The number of benzene rings is 1. The molecule has 0 atom stereocenters. The molecule has 1 amide bonds. The molecule has 0 aliphatic carbocycles. The molecule has 0 saturated carbocycles. The van der Waals surface area contributed by atoms with Crippen molar-refractivity contribution in [1.29, 1.82) is 0 Å². The number of hydrogen-bond donors (Lipinski definition) is 1. The van der Waals surface area contributed by atoms with E-state index in [2.05, 4.69) is 20.4 Å². The monoisotopic (exact) mass is 322 g/mol. The van der Waals surface area contributed by atoms with Gasteiger partial charge in [-0.1, -0.05) is 35.5 Å². The maximum absolute atomic E-state index is 11.9. The third kappa shape index (κ3) is 4.49. The topological polar surface area (TPSA) is 80.9 Å². The summed E-state index contributed by atoms with van der Waals surface area (Å²) in [7, 11) is 0. The Morgan fingerprint density at radius 2 is 1.83 bits per heavy atom. The molecular formula is C18H18N4O2. The standard InChI is InChI=1S/C18H18N4O2/c23-16(20-13-8-14-4-2-1-3-5-14)6-7-17-21-18(22-24-17)15-9-11-19-12-10-15/h1-5,9-12H,6-8,13H2,(H,20,23). The van der Waals surface area contributed by atoms with Crippen molar-refractivity contribution in [2.45, 2.75) is 19.3 Å². The summed E-state index contributed by atoms with van der Waals surface area (Å²) in [6.45, 7) is 0.620. The Kier molecular flexibility index (Phi) is 5.29. The molecule has 24 heavy (non-hydrogen) atoms. The number of aryl methyl sites for hydroxylation is 1. The lowest BCUT2D eigenvalue weighted by molar-refractivity contribution is -0.121. The summed E-state index contributed by atoms with van der Waals surface area (Å²) in [5, 5.41) is 6.82. The van der Waals surface area contributed by atoms with Crippen molar-refractivity contribution in [2.75, 3.05) is 6.54 Å². The number of nitrogens with one attached hydrogen (secondary N) is 1. The molecular weight excluding hydrogens is 304 g/mol. The van der Waals surface area contributed by atoms with Gasteiger partial charge in [0.2, 0.25) is 17.6 Å². The highest BCUT2D eigenvalue weighted by atomic mass is 16.5. The van der Waals surface area contributed by atoms with Crippen LogP contribution in [0.25, 0.3) is 11.4 Å². The fraction of sp³-hybridized carbons (Fsp3) is 0.222. The minimum atomic E-state index is -0.0189. The second-order valence-corrected chi connectivity index (χ2v) is 5.33. The number of aromatic nitrogens is 3. The maximum Gasteiger partial charge on any atom is 0.227 e. The molecule has 0 unspecified atom stereocenters. The molecule has 3 aromatic rings. The highest BCUT2D eigenvalue weighted by molar-refractivity contribution is 5.76. The van der Waals surface area contributed by atoms with E-state index in [1.165, 1.54) is 5.56 Å². The predicted octanol–water partition coefficient (Wildman–Crippen LogP) is 2.42. The van der Waals surface area contributed by atoms with Crippen LogP contribution < -0.4 is 5.32 Å². The summed E-state index contributed by atoms with van der Waals surface area (Å²) >= 11 is 0. The van der Waals surface area contributed by atoms with Crippen molar-refractivity contribution in [1.82, 2.24) is 20.4 Å². The van der Waals surface area contributed by atoms with Gasteiger partial charge in [0.05, 0.1) is 0 Å². The number of rotatable bonds is 7. The van der Waals surface area contributed by atoms with Gasteiger partial charge in [-0.15, -0.1) is 0 Å². The van der Waals surface area contributed by atoms with E-state index in [-0.39, 0.29) is 5.91 Å². The van der Waals surface area contributed by atoms with Gasteiger partial charge in [-0.05, 0) is 24.1 Å². The van der Waals surface area contributed by atoms with Crippen LogP contribution in [0.5, 0.6) is 0 Å². The number of carbonyl (C=O) groups is 1. The molecule has 0 bridgehead atoms. The van der Waals surface area contributed by atoms with Crippen LogP contribution in [-0.2, 0) is 17.6 Å². The van der Waals surface area contributed by atoms with Crippen LogP contribution in [0.4, 0.5) is 0 Å². The van der Waals surface area contributed by atoms with E-state index in [1.54, 1.807) is 12.4 Å². The number of pyridine rings is 1. The average molecular weight is 322 g/mol. The minimum absolute atomic E-state index is 0.0189. The zero-order valence-electron chi connectivity index (χ0n) is 13.2. The van der Waals surface area contributed by atoms with Gasteiger partial charge in [0.1, 0.15) is 0 Å². The van der Waals surface area contributed by atoms with E-state index in [0.29, 0.717) is 31.1 Å². The van der Waals surface area contributed by atoms with Gasteiger partial charge in [0.25, 0.3) is 0 Å². The first-order valence-corrected chi connectivity index (χ1v) is 7.85. The molecule has 2 aromatic heterocycles. The first-order chi connectivity index (χ1) is 11.8. The van der Waals surface area contributed by atoms with Gasteiger partial charge in [0.15, 0.2) is 0 Å². The lowest BCUT2D eigenvalue weighted by atomic mass is 10.1. The van der Waals surface area contributed by atoms with Gasteiger partial charge < -0.3 is 9.84 Å². The van der Waals surface area contributed by atoms with Crippen LogP contribution in [0.2, 0.25) is 0 Å². The Hall–Kier alpha value is -3.02. The third-order valence-electron chi connectivity index (χ3n) is 3.55. The highest BCUT2D eigenvalue weighted by Crippen LogP contribution is 2.14. The summed E-state index contributed by atoms with van der Waals surface area (Å²) < 4.78 is 5.18. The fourth-order valence-electron chi connectivity index (χ4n) is 2.27. The molecule has 122 valence electrons. The SMILES string of the molecule is O=C(CCc1nc(-c2ccncc2)no1)NCCc1ccccc1. The smallest absolute Gasteiger partial charge is 0.227 e. The second kappa shape index (κ2) is 8.01. The van der Waals surface area contributed by atoms with Crippen molar-refractivity contribution in [3.63, 3.8) is 0 Å². The molecule has 0 fully saturated rings. The van der Waals surface area contributed by atoms with Crippen molar-refractivity contribution >= 4 is 5.91 Å². The van der Waals surface area contributed by atoms with Gasteiger partial charge in [-0.2, -0.15) is 4.98 Å². The Balaban J connectivity index is 1.42. The number of nitrogens with zero attached hydrogens (tertiary/aromatic N) is 3. The van der Waals surface area contributed by atoms with Crippen LogP contribution in [0.15, 0.2) is 59.4 Å². The molecule has 3 rings (SSSR count). The molecule has 0 aliphatic rings. The maximum atomic E-state index is 11.9. The lowest BCUT2D eigenvalue weighted by Crippen LogP contribution is -2.25. The van der Waals surface area contributed by atoms with Crippen LogP contribution in [0, 0.1) is 0 Å². The van der Waals surface area contributed by atoms with E-state index in [9.17, 15) is 4.79 Å². The molecule has 6 nitrogen and oxygen atoms in total. The van der Waals surface area contributed by atoms with Gasteiger partial charge in [0, 0.05) is 37.3 Å². The first-order valence-electron chi connectivity index (χ1n) is 7.85. The molecule has 0 spiro atoms. The highest BCUT2D eigenvalue weighted by Gasteiger charge is 2.10. The van der Waals surface area contributed by atoms with E-state index in [4.69, 9.17) is 4.52 Å². The van der Waals surface area contributed by atoms with Gasteiger partial charge in [-0.25, -0.2) is 0 Å². The Morgan fingerprint density at radius 3 is 2.62 bits per heavy atom. The summed E-state index contributed by atoms with van der Waals surface area (Å²) in [5.41, 5.74) is 2.05. The molecule has 0 aliphatic heterocycles. The largest absolute Gasteiger partial charge is 0.356 e. The summed E-state index contributed by atoms with van der Waals surface area (Å²) in [5.74, 6) is 0.950. The van der Waals surface area contributed by atoms with Crippen LogP contribution in [0.1, 0.15) is 17.9 Å². The molecule has 0 saturated heterocycles. The van der Waals surface area contributed by atoms with Crippen LogP contribution in [0.3, 0.4) is 0 Å². The zero-order valence-corrected chi connectivity index (χ0v) is 13.2. The van der Waals surface area contributed by atoms with Gasteiger partial charge >= 0.3 is 0 Å². The Bertz CT molecular complexity index is 772. The molecule has 1 aromatic carbocycles. The summed E-state index contributed by atoms with van der Waals surface area (Å²) in [6.07, 6.45) is 4.92. The first kappa shape index (κ1) is 15.9. The molecule has 6 heteroatoms. The quantitative estimate of drug-likeness (QED) is 0.722. The van der Waals surface area contributed by atoms with Crippen molar-refractivity contribution < 1.29 is 9.32 Å². The average Bonchev–Trinajstić information content (AvgIpc) is 3.11. The number of hydrogen-bond acceptors (Lipinski definition) is 5.